The van der Waals surface area contributed by atoms with Gasteiger partial charge in [-0.25, -0.2) is 0 Å². The maximum Gasteiger partial charge on any atom is 0.573 e. The van der Waals surface area contributed by atoms with Gasteiger partial charge in [0, 0.05) is 16.6 Å². The van der Waals surface area contributed by atoms with Gasteiger partial charge in [-0.1, -0.05) is 18.5 Å². The van der Waals surface area contributed by atoms with Crippen molar-refractivity contribution >= 4 is 34.4 Å². The minimum atomic E-state index is -4.85. The Bertz CT molecular complexity index is 1200. The molecule has 0 aliphatic rings. The first kappa shape index (κ1) is 24.4. The molecule has 10 heteroatoms. The van der Waals surface area contributed by atoms with E-state index in [0.29, 0.717) is 28.6 Å². The second kappa shape index (κ2) is 9.35. The zero-order valence-corrected chi connectivity index (χ0v) is 18.8. The molecule has 0 radical (unpaired) electrons. The molecule has 0 fully saturated rings. The van der Waals surface area contributed by atoms with Gasteiger partial charge in [-0.2, -0.15) is 0 Å². The van der Waals surface area contributed by atoms with Gasteiger partial charge in [0.05, 0.1) is 23.1 Å². The lowest BCUT2D eigenvalue weighted by molar-refractivity contribution is -0.274. The number of aromatic hydroxyl groups is 1. The number of hydrogen-bond donors (Lipinski definition) is 1. The Hall–Kier alpha value is -3.20. The van der Waals surface area contributed by atoms with Crippen LogP contribution >= 0.6 is 11.6 Å². The number of benzene rings is 2. The van der Waals surface area contributed by atoms with Crippen molar-refractivity contribution in [3.63, 3.8) is 0 Å². The number of ether oxygens (including phenoxy) is 2. The van der Waals surface area contributed by atoms with Crippen LogP contribution in [0.3, 0.4) is 0 Å². The van der Waals surface area contributed by atoms with E-state index in [2.05, 4.69) is 4.74 Å². The molecule has 0 saturated carbocycles. The fraction of sp³-hybridized carbons (Fsp3) is 0.304. The summed E-state index contributed by atoms with van der Waals surface area (Å²) in [6.45, 7) is 5.25. The first-order valence-electron chi connectivity index (χ1n) is 10.0. The Morgan fingerprint density at radius 2 is 1.82 bits per heavy atom. The number of hydrogen-bond acceptors (Lipinski definition) is 5. The average molecular weight is 484 g/mol. The van der Waals surface area contributed by atoms with Crippen LogP contribution < -0.4 is 4.74 Å². The van der Waals surface area contributed by atoms with Gasteiger partial charge in [-0.15, -0.1) is 13.2 Å². The first-order valence-corrected chi connectivity index (χ1v) is 10.4. The number of esters is 1. The molecule has 176 valence electrons. The first-order chi connectivity index (χ1) is 15.4. The normalized spacial score (nSPS) is 12.6. The third kappa shape index (κ3) is 5.42. The fourth-order valence-electron chi connectivity index (χ4n) is 3.40. The third-order valence-electron chi connectivity index (χ3n) is 5.17. The topological polar surface area (TPSA) is 77.8 Å². The summed E-state index contributed by atoms with van der Waals surface area (Å²) in [5, 5.41) is 10.5. The molecular formula is C23H21ClF3NO5. The van der Waals surface area contributed by atoms with Crippen LogP contribution in [0.5, 0.6) is 11.5 Å². The lowest BCUT2D eigenvalue weighted by Gasteiger charge is -2.11. The van der Waals surface area contributed by atoms with Gasteiger partial charge in [0.15, 0.2) is 0 Å². The predicted molar refractivity (Wildman–Crippen MR) is 116 cm³/mol. The highest BCUT2D eigenvalue weighted by atomic mass is 35.5. The Morgan fingerprint density at radius 3 is 2.39 bits per heavy atom. The van der Waals surface area contributed by atoms with E-state index in [1.165, 1.54) is 28.8 Å². The van der Waals surface area contributed by atoms with Crippen LogP contribution in [0.15, 0.2) is 36.4 Å². The summed E-state index contributed by atoms with van der Waals surface area (Å²) >= 11 is 6.06. The minimum absolute atomic E-state index is 0.00305. The van der Waals surface area contributed by atoms with E-state index >= 15 is 0 Å². The number of phenolic OH excluding ortho intramolecular Hbond substituents is 1. The van der Waals surface area contributed by atoms with Crippen LogP contribution in [-0.2, 0) is 16.0 Å². The summed E-state index contributed by atoms with van der Waals surface area (Å²) < 4.78 is 47.7. The van der Waals surface area contributed by atoms with Crippen molar-refractivity contribution in [2.75, 3.05) is 0 Å². The van der Waals surface area contributed by atoms with Gasteiger partial charge < -0.3 is 14.6 Å². The molecule has 1 aromatic heterocycles. The molecular weight excluding hydrogens is 463 g/mol. The fourth-order valence-corrected chi connectivity index (χ4v) is 3.55. The molecule has 0 aliphatic carbocycles. The van der Waals surface area contributed by atoms with Crippen molar-refractivity contribution in [2.24, 2.45) is 0 Å². The van der Waals surface area contributed by atoms with Crippen LogP contribution in [0.1, 0.15) is 41.9 Å². The molecule has 0 bridgehead atoms. The van der Waals surface area contributed by atoms with Gasteiger partial charge in [0.2, 0.25) is 0 Å². The van der Waals surface area contributed by atoms with E-state index < -0.39 is 24.0 Å². The van der Waals surface area contributed by atoms with Gasteiger partial charge in [0.25, 0.3) is 5.91 Å². The summed E-state index contributed by atoms with van der Waals surface area (Å²) in [5.41, 5.74) is 1.30. The average Bonchev–Trinajstić information content (AvgIpc) is 2.97. The Morgan fingerprint density at radius 1 is 1.18 bits per heavy atom. The molecule has 1 heterocycles. The highest BCUT2D eigenvalue weighted by molar-refractivity contribution is 6.33. The molecule has 1 N–H and O–H groups in total. The van der Waals surface area contributed by atoms with Crippen LogP contribution in [0.2, 0.25) is 5.02 Å². The molecule has 6 nitrogen and oxygen atoms in total. The molecule has 1 atom stereocenters. The zero-order chi connectivity index (χ0) is 24.5. The smallest absolute Gasteiger partial charge is 0.506 e. The van der Waals surface area contributed by atoms with Gasteiger partial charge in [0.1, 0.15) is 11.5 Å². The Kier molecular flexibility index (Phi) is 6.92. The number of aromatic nitrogens is 1. The summed E-state index contributed by atoms with van der Waals surface area (Å²) in [5.74, 6) is -1.74. The number of fused-ring (bicyclic) bond motifs is 1. The molecule has 1 unspecified atom stereocenters. The molecule has 3 rings (SSSR count). The van der Waals surface area contributed by atoms with Crippen molar-refractivity contribution in [3.05, 3.63) is 58.2 Å². The molecule has 33 heavy (non-hydrogen) atoms. The second-order valence-electron chi connectivity index (χ2n) is 7.48. The lowest BCUT2D eigenvalue weighted by Crippen LogP contribution is -2.18. The number of rotatable bonds is 6. The van der Waals surface area contributed by atoms with Crippen molar-refractivity contribution in [1.29, 1.82) is 0 Å². The second-order valence-corrected chi connectivity index (χ2v) is 7.89. The van der Waals surface area contributed by atoms with Crippen LogP contribution in [0.25, 0.3) is 10.9 Å². The standard InChI is InChI=1S/C23H21ClF3NO5/c1-4-12(2)32-21(30)10-16-13(3)28(19-11-18(24)20(29)9-17(16)19)22(31)14-5-7-15(8-6-14)33-23(25,26)27/h5-9,11-12,29H,4,10H2,1-3H3. The molecule has 0 aliphatic heterocycles. The van der Waals surface area contributed by atoms with Crippen molar-refractivity contribution in [1.82, 2.24) is 4.57 Å². The van der Waals surface area contributed by atoms with Crippen molar-refractivity contribution < 1.29 is 37.3 Å². The number of carbonyl (C=O) groups is 2. The highest BCUT2D eigenvalue weighted by Gasteiger charge is 2.31. The summed E-state index contributed by atoms with van der Waals surface area (Å²) in [4.78, 5) is 25.7. The van der Waals surface area contributed by atoms with Crippen LogP contribution in [-0.4, -0.2) is 34.0 Å². The summed E-state index contributed by atoms with van der Waals surface area (Å²) in [6, 6.07) is 7.22. The van der Waals surface area contributed by atoms with E-state index in [9.17, 15) is 27.9 Å². The summed E-state index contributed by atoms with van der Waals surface area (Å²) in [7, 11) is 0. The van der Waals surface area contributed by atoms with Crippen molar-refractivity contribution in [3.8, 4) is 11.5 Å². The zero-order valence-electron chi connectivity index (χ0n) is 18.0. The Balaban J connectivity index is 2.05. The van der Waals surface area contributed by atoms with Crippen LogP contribution in [0, 0.1) is 6.92 Å². The summed E-state index contributed by atoms with van der Waals surface area (Å²) in [6.07, 6.45) is -4.65. The van der Waals surface area contributed by atoms with E-state index in [0.717, 1.165) is 12.1 Å². The number of phenols is 1. The monoisotopic (exact) mass is 483 g/mol. The van der Waals surface area contributed by atoms with Gasteiger partial charge in [-0.3, -0.25) is 14.2 Å². The van der Waals surface area contributed by atoms with E-state index in [4.69, 9.17) is 16.3 Å². The van der Waals surface area contributed by atoms with Crippen molar-refractivity contribution in [2.45, 2.75) is 46.1 Å². The van der Waals surface area contributed by atoms with E-state index in [-0.39, 0.29) is 28.9 Å². The molecule has 0 amide bonds. The van der Waals surface area contributed by atoms with Gasteiger partial charge >= 0.3 is 12.3 Å². The molecule has 3 aromatic rings. The Labute approximate surface area is 192 Å². The lowest BCUT2D eigenvalue weighted by atomic mass is 10.1. The number of halogens is 4. The predicted octanol–water partition coefficient (Wildman–Crippen LogP) is 5.78. The maximum absolute atomic E-state index is 13.3. The minimum Gasteiger partial charge on any atom is -0.506 e. The molecule has 0 spiro atoms. The maximum atomic E-state index is 13.3. The third-order valence-corrected chi connectivity index (χ3v) is 5.47. The van der Waals surface area contributed by atoms with E-state index in [1.54, 1.807) is 13.8 Å². The van der Waals surface area contributed by atoms with Crippen LogP contribution in [0.4, 0.5) is 13.2 Å². The van der Waals surface area contributed by atoms with Gasteiger partial charge in [-0.05, 0) is 62.2 Å². The largest absolute Gasteiger partial charge is 0.573 e. The SMILES string of the molecule is CCC(C)OC(=O)Cc1c(C)n(C(=O)c2ccc(OC(F)(F)F)cc2)c2cc(Cl)c(O)cc12. The quantitative estimate of drug-likeness (QED) is 0.450. The highest BCUT2D eigenvalue weighted by Crippen LogP contribution is 2.35. The molecule has 0 saturated heterocycles. The number of alkyl halides is 3. The number of carbonyl (C=O) groups excluding carboxylic acids is 2. The van der Waals surface area contributed by atoms with E-state index in [1.807, 2.05) is 6.92 Å². The number of nitrogens with zero attached hydrogens (tertiary/aromatic N) is 1. The molecule has 2 aromatic carbocycles.